The largest absolute Gasteiger partial charge is 0.507 e. The number of nitrogens with one attached hydrogen (secondary N) is 1. The van der Waals surface area contributed by atoms with Crippen molar-refractivity contribution in [3.63, 3.8) is 0 Å². The van der Waals surface area contributed by atoms with Crippen molar-refractivity contribution in [2.75, 3.05) is 18.5 Å². The molecule has 0 spiro atoms. The second-order valence-electron chi connectivity index (χ2n) is 4.78. The van der Waals surface area contributed by atoms with E-state index in [4.69, 9.17) is 10.4 Å². The van der Waals surface area contributed by atoms with Crippen molar-refractivity contribution in [3.8, 4) is 11.8 Å². The van der Waals surface area contributed by atoms with Gasteiger partial charge in [-0.3, -0.25) is 19.3 Å². The minimum absolute atomic E-state index is 0.0168. The van der Waals surface area contributed by atoms with Crippen molar-refractivity contribution in [2.45, 2.75) is 6.92 Å². The number of phenols is 1. The Balaban J connectivity index is 2.35. The highest BCUT2D eigenvalue weighted by molar-refractivity contribution is 6.17. The number of carbonyl (C=O) groups is 3. The van der Waals surface area contributed by atoms with Crippen LogP contribution in [0.25, 0.3) is 0 Å². The topological polar surface area (TPSA) is 131 Å². The lowest BCUT2D eigenvalue weighted by Crippen LogP contribution is -2.34. The lowest BCUT2D eigenvalue weighted by molar-refractivity contribution is -0.137. The minimum Gasteiger partial charge on any atom is -0.507 e. The molecule has 0 saturated heterocycles. The molecule has 0 aromatic heterocycles. The van der Waals surface area contributed by atoms with E-state index in [9.17, 15) is 19.5 Å². The van der Waals surface area contributed by atoms with Gasteiger partial charge in [0.15, 0.2) is 5.78 Å². The Morgan fingerprint density at radius 3 is 2.65 bits per heavy atom. The Hall–Kier alpha value is -3.18. The third-order valence-corrected chi connectivity index (χ3v) is 3.24. The number of hydrogen-bond acceptors (Lipinski definition) is 7. The van der Waals surface area contributed by atoms with Crippen LogP contribution in [0.1, 0.15) is 22.8 Å². The first kappa shape index (κ1) is 16.2. The van der Waals surface area contributed by atoms with Gasteiger partial charge in [0.1, 0.15) is 17.5 Å². The number of carbonyl (C=O) groups excluding carboxylic acids is 3. The van der Waals surface area contributed by atoms with Crippen LogP contribution < -0.4 is 5.32 Å². The van der Waals surface area contributed by atoms with Crippen LogP contribution in [0.3, 0.4) is 0 Å². The van der Waals surface area contributed by atoms with Crippen molar-refractivity contribution >= 4 is 23.3 Å². The minimum atomic E-state index is -0.650. The number of phenolic OH excluding ortho intramolecular Hbond substituents is 1. The first-order valence-electron chi connectivity index (χ1n) is 6.62. The third kappa shape index (κ3) is 3.04. The molecule has 0 saturated carbocycles. The van der Waals surface area contributed by atoms with Crippen LogP contribution >= 0.6 is 0 Å². The quantitative estimate of drug-likeness (QED) is 0.519. The van der Waals surface area contributed by atoms with E-state index in [1.54, 1.807) is 0 Å². The van der Waals surface area contributed by atoms with E-state index in [1.807, 2.05) is 6.07 Å². The van der Waals surface area contributed by atoms with Crippen LogP contribution in [0.2, 0.25) is 0 Å². The fourth-order valence-corrected chi connectivity index (χ4v) is 2.12. The summed E-state index contributed by atoms with van der Waals surface area (Å²) in [5.74, 6) is -1.99. The molecule has 1 aliphatic heterocycles. The molecule has 2 amide bonds. The van der Waals surface area contributed by atoms with Gasteiger partial charge < -0.3 is 15.5 Å². The van der Waals surface area contributed by atoms with Crippen LogP contribution in [0.15, 0.2) is 23.9 Å². The second-order valence-corrected chi connectivity index (χ2v) is 4.78. The Bertz CT molecular complexity index is 776. The summed E-state index contributed by atoms with van der Waals surface area (Å²) in [6.45, 7) is 0.743. The molecular weight excluding hydrogens is 302 g/mol. The normalized spacial score (nSPS) is 13.8. The van der Waals surface area contributed by atoms with E-state index >= 15 is 0 Å². The Labute approximate surface area is 131 Å². The molecular formula is C15H13N3O5. The fourth-order valence-electron chi connectivity index (χ4n) is 2.12. The lowest BCUT2D eigenvalue weighted by atomic mass is 10.0. The number of aliphatic hydroxyl groups is 1. The van der Waals surface area contributed by atoms with Crippen molar-refractivity contribution < 1.29 is 24.6 Å². The number of aromatic hydroxyl groups is 1. The van der Waals surface area contributed by atoms with E-state index in [-0.39, 0.29) is 41.4 Å². The number of rotatable bonds is 5. The first-order valence-corrected chi connectivity index (χ1v) is 6.62. The summed E-state index contributed by atoms with van der Waals surface area (Å²) in [4.78, 5) is 35.9. The fraction of sp³-hybridized carbons (Fsp3) is 0.200. The molecule has 0 bridgehead atoms. The molecule has 0 fully saturated rings. The van der Waals surface area contributed by atoms with Gasteiger partial charge in [0, 0.05) is 12.1 Å². The summed E-state index contributed by atoms with van der Waals surface area (Å²) in [6.07, 6.45) is 1.04. The van der Waals surface area contributed by atoms with E-state index in [0.717, 1.165) is 17.0 Å². The number of hydrogen-bond donors (Lipinski definition) is 3. The number of aliphatic hydroxyl groups excluding tert-OH is 1. The van der Waals surface area contributed by atoms with Crippen molar-refractivity contribution in [1.29, 1.82) is 5.26 Å². The van der Waals surface area contributed by atoms with Gasteiger partial charge >= 0.3 is 0 Å². The molecule has 2 rings (SSSR count). The molecule has 8 heteroatoms. The van der Waals surface area contributed by atoms with Gasteiger partial charge in [-0.2, -0.15) is 5.26 Å². The zero-order valence-corrected chi connectivity index (χ0v) is 12.2. The van der Waals surface area contributed by atoms with Gasteiger partial charge in [0.2, 0.25) is 0 Å². The first-order chi connectivity index (χ1) is 10.9. The molecule has 0 atom stereocenters. The number of benzene rings is 1. The molecule has 118 valence electrons. The SMILES string of the molecule is CC(=O)c1cc(C#N)c(NC2=CC(=O)N(CCO)C2=O)cc1O. The summed E-state index contributed by atoms with van der Waals surface area (Å²) in [6, 6.07) is 4.19. The number of Topliss-reactive ketones (excluding diaryl/α,β-unsaturated/α-hetero) is 1. The molecule has 1 heterocycles. The smallest absolute Gasteiger partial charge is 0.277 e. The molecule has 0 aliphatic carbocycles. The highest BCUT2D eigenvalue weighted by atomic mass is 16.3. The van der Waals surface area contributed by atoms with Crippen LogP contribution in [0.4, 0.5) is 5.69 Å². The molecule has 1 aromatic carbocycles. The monoisotopic (exact) mass is 315 g/mol. The number of ketones is 1. The standard InChI is InChI=1S/C15H13N3O5/c1-8(20)10-4-9(7-16)11(5-13(10)21)17-12-6-14(22)18(2-3-19)15(12)23/h4-6,17,19,21H,2-3H2,1H3. The van der Waals surface area contributed by atoms with E-state index in [2.05, 4.69) is 5.32 Å². The number of amides is 2. The number of imide groups is 1. The predicted molar refractivity (Wildman–Crippen MR) is 78.3 cm³/mol. The maximum absolute atomic E-state index is 12.0. The number of β-amino-alcohol motifs (C(OH)–C–C–N with tert-alkyl or cyclic N) is 1. The Morgan fingerprint density at radius 2 is 2.09 bits per heavy atom. The van der Waals surface area contributed by atoms with Crippen LogP contribution in [-0.2, 0) is 9.59 Å². The second kappa shape index (κ2) is 6.29. The molecule has 1 aromatic rings. The average molecular weight is 315 g/mol. The average Bonchev–Trinajstić information content (AvgIpc) is 2.75. The summed E-state index contributed by atoms with van der Waals surface area (Å²) in [5, 5.41) is 30.4. The summed E-state index contributed by atoms with van der Waals surface area (Å²) in [7, 11) is 0. The van der Waals surface area contributed by atoms with E-state index in [0.29, 0.717) is 0 Å². The highest BCUT2D eigenvalue weighted by Gasteiger charge is 2.31. The van der Waals surface area contributed by atoms with E-state index < -0.39 is 17.6 Å². The molecule has 8 nitrogen and oxygen atoms in total. The zero-order chi connectivity index (χ0) is 17.1. The molecule has 23 heavy (non-hydrogen) atoms. The van der Waals surface area contributed by atoms with Gasteiger partial charge in [-0.1, -0.05) is 0 Å². The van der Waals surface area contributed by atoms with Gasteiger partial charge in [-0.15, -0.1) is 0 Å². The predicted octanol–water partition coefficient (Wildman–Crippen LogP) is 0.123. The number of nitriles is 1. The number of anilines is 1. The summed E-state index contributed by atoms with van der Waals surface area (Å²) >= 11 is 0. The van der Waals surface area contributed by atoms with Crippen LogP contribution in [0, 0.1) is 11.3 Å². The van der Waals surface area contributed by atoms with Crippen LogP contribution in [-0.4, -0.2) is 45.9 Å². The molecule has 3 N–H and O–H groups in total. The molecule has 1 aliphatic rings. The van der Waals surface area contributed by atoms with Crippen LogP contribution in [0.5, 0.6) is 5.75 Å². The summed E-state index contributed by atoms with van der Waals surface area (Å²) in [5.41, 5.74) is 0.0229. The molecule has 0 radical (unpaired) electrons. The zero-order valence-electron chi connectivity index (χ0n) is 12.2. The maximum atomic E-state index is 12.0. The maximum Gasteiger partial charge on any atom is 0.277 e. The van der Waals surface area contributed by atoms with Gasteiger partial charge in [-0.25, -0.2) is 0 Å². The highest BCUT2D eigenvalue weighted by Crippen LogP contribution is 2.28. The molecule has 0 unspecified atom stereocenters. The van der Waals surface area contributed by atoms with Gasteiger partial charge in [0.05, 0.1) is 30.0 Å². The number of nitrogens with zero attached hydrogens (tertiary/aromatic N) is 2. The summed E-state index contributed by atoms with van der Waals surface area (Å²) < 4.78 is 0. The lowest BCUT2D eigenvalue weighted by Gasteiger charge is -2.14. The van der Waals surface area contributed by atoms with E-state index in [1.165, 1.54) is 13.0 Å². The van der Waals surface area contributed by atoms with Gasteiger partial charge in [-0.05, 0) is 13.0 Å². The van der Waals surface area contributed by atoms with Gasteiger partial charge in [0.25, 0.3) is 11.8 Å². The van der Waals surface area contributed by atoms with Crippen molar-refractivity contribution in [3.05, 3.63) is 35.0 Å². The van der Waals surface area contributed by atoms with Crippen molar-refractivity contribution in [1.82, 2.24) is 4.90 Å². The van der Waals surface area contributed by atoms with Crippen molar-refractivity contribution in [2.24, 2.45) is 0 Å². The Kier molecular flexibility index (Phi) is 4.43. The Morgan fingerprint density at radius 1 is 1.39 bits per heavy atom. The third-order valence-electron chi connectivity index (χ3n) is 3.24.